The second-order valence-corrected chi connectivity index (χ2v) is 9.14. The molecule has 3 saturated heterocycles. The molecule has 0 radical (unpaired) electrons. The lowest BCUT2D eigenvalue weighted by atomic mass is 9.53. The van der Waals surface area contributed by atoms with Gasteiger partial charge in [-0.25, -0.2) is 0 Å². The summed E-state index contributed by atoms with van der Waals surface area (Å²) in [7, 11) is 0. The first-order chi connectivity index (χ1) is 12.6. The van der Waals surface area contributed by atoms with Crippen LogP contribution in [0.2, 0.25) is 0 Å². The van der Waals surface area contributed by atoms with Crippen molar-refractivity contribution in [2.75, 3.05) is 24.6 Å². The fourth-order valence-corrected chi connectivity index (χ4v) is 7.77. The number of amides is 1. The molecule has 5 aliphatic heterocycles. The van der Waals surface area contributed by atoms with E-state index < -0.39 is 0 Å². The Balaban J connectivity index is 1.56. The molecule has 1 aromatic carbocycles. The Morgan fingerprint density at radius 2 is 2.19 bits per heavy atom. The summed E-state index contributed by atoms with van der Waals surface area (Å²) in [6.07, 6.45) is 4.51. The zero-order chi connectivity index (χ0) is 17.3. The SMILES string of the molecule is O=C1C[C@@H]2OCC=C3C[N+]4([O-])CC[C@]56c7ccccc7N1[C@@H]5[C@H]2[C@H]3C[C@@H]64. The molecule has 5 heterocycles. The van der Waals surface area contributed by atoms with Gasteiger partial charge in [0.15, 0.2) is 0 Å². The van der Waals surface area contributed by atoms with Crippen molar-refractivity contribution in [1.82, 2.24) is 0 Å². The number of nitrogens with zero attached hydrogens (tertiary/aromatic N) is 2. The number of rotatable bonds is 0. The van der Waals surface area contributed by atoms with Gasteiger partial charge in [-0.15, -0.1) is 0 Å². The smallest absolute Gasteiger partial charge is 0.229 e. The third kappa shape index (κ3) is 1.33. The Morgan fingerprint density at radius 1 is 1.31 bits per heavy atom. The van der Waals surface area contributed by atoms with Crippen LogP contribution in [0.15, 0.2) is 35.9 Å². The minimum atomic E-state index is -0.174. The van der Waals surface area contributed by atoms with Crippen molar-refractivity contribution in [3.63, 3.8) is 0 Å². The van der Waals surface area contributed by atoms with Crippen molar-refractivity contribution in [3.05, 3.63) is 46.7 Å². The number of ether oxygens (including phenoxy) is 1. The maximum atomic E-state index is 13.9. The van der Waals surface area contributed by atoms with Crippen LogP contribution in [0.4, 0.5) is 5.69 Å². The van der Waals surface area contributed by atoms with E-state index in [9.17, 15) is 10.0 Å². The molecule has 134 valence electrons. The number of piperidine rings is 2. The molecule has 26 heavy (non-hydrogen) atoms. The minimum Gasteiger partial charge on any atom is -0.632 e. The molecule has 1 saturated carbocycles. The Morgan fingerprint density at radius 3 is 3.12 bits per heavy atom. The van der Waals surface area contributed by atoms with Gasteiger partial charge in [0.2, 0.25) is 5.91 Å². The summed E-state index contributed by atoms with van der Waals surface area (Å²) < 4.78 is 6.10. The third-order valence-corrected chi connectivity index (χ3v) is 8.50. The van der Waals surface area contributed by atoms with Crippen LogP contribution in [0.25, 0.3) is 0 Å². The Kier molecular flexibility index (Phi) is 2.34. The summed E-state index contributed by atoms with van der Waals surface area (Å²) in [6, 6.07) is 8.58. The number of hydroxylamine groups is 3. The van der Waals surface area contributed by atoms with Crippen molar-refractivity contribution in [2.45, 2.75) is 42.9 Å². The van der Waals surface area contributed by atoms with Crippen molar-refractivity contribution in [3.8, 4) is 0 Å². The number of carbonyl (C=O) groups excluding carboxylic acids is 1. The van der Waals surface area contributed by atoms with Crippen molar-refractivity contribution >= 4 is 11.6 Å². The normalized spacial score (nSPS) is 49.6. The highest BCUT2D eigenvalue weighted by Gasteiger charge is 2.74. The van der Waals surface area contributed by atoms with Crippen LogP contribution in [0.5, 0.6) is 0 Å². The molecule has 7 atom stereocenters. The van der Waals surface area contributed by atoms with Gasteiger partial charge in [-0.05, 0) is 23.1 Å². The minimum absolute atomic E-state index is 0.00175. The van der Waals surface area contributed by atoms with Crippen LogP contribution in [0.3, 0.4) is 0 Å². The molecular formula is C21H22N2O3. The molecular weight excluding hydrogens is 328 g/mol. The van der Waals surface area contributed by atoms with Gasteiger partial charge in [0.25, 0.3) is 0 Å². The summed E-state index contributed by atoms with van der Waals surface area (Å²) in [5.41, 5.74) is 3.46. The summed E-state index contributed by atoms with van der Waals surface area (Å²) in [4.78, 5) is 15.3. The molecule has 0 N–H and O–H groups in total. The van der Waals surface area contributed by atoms with Crippen LogP contribution < -0.4 is 4.90 Å². The summed E-state index contributed by atoms with van der Waals surface area (Å²) in [6.45, 7) is 1.87. The molecule has 1 aromatic rings. The van der Waals surface area contributed by atoms with Crippen LogP contribution >= 0.6 is 0 Å². The molecule has 1 amide bonds. The van der Waals surface area contributed by atoms with Gasteiger partial charge >= 0.3 is 0 Å². The summed E-state index contributed by atoms with van der Waals surface area (Å²) in [5.74, 6) is 0.922. The number of para-hydroxylation sites is 1. The van der Waals surface area contributed by atoms with Crippen LogP contribution in [-0.2, 0) is 14.9 Å². The fraction of sp³-hybridized carbons (Fsp3) is 0.571. The Bertz CT molecular complexity index is 897. The van der Waals surface area contributed by atoms with Gasteiger partial charge in [0.1, 0.15) is 12.6 Å². The van der Waals surface area contributed by atoms with Gasteiger partial charge in [0, 0.05) is 24.4 Å². The summed E-state index contributed by atoms with van der Waals surface area (Å²) in [5, 5.41) is 13.9. The van der Waals surface area contributed by atoms with E-state index in [1.54, 1.807) is 0 Å². The average molecular weight is 350 g/mol. The highest BCUT2D eigenvalue weighted by Crippen LogP contribution is 2.67. The maximum Gasteiger partial charge on any atom is 0.229 e. The Labute approximate surface area is 152 Å². The summed E-state index contributed by atoms with van der Waals surface area (Å²) >= 11 is 0. The topological polar surface area (TPSA) is 52.6 Å². The first kappa shape index (κ1) is 14.4. The van der Waals surface area contributed by atoms with Crippen LogP contribution in [0.1, 0.15) is 24.8 Å². The lowest BCUT2D eigenvalue weighted by Crippen LogP contribution is -2.71. The lowest BCUT2D eigenvalue weighted by Gasteiger charge is -2.61. The molecule has 0 aromatic heterocycles. The van der Waals surface area contributed by atoms with Crippen LogP contribution in [-0.4, -0.2) is 48.4 Å². The number of fused-ring (bicyclic) bond motifs is 2. The average Bonchev–Trinajstić information content (AvgIpc) is 3.05. The zero-order valence-corrected chi connectivity index (χ0v) is 14.6. The number of hydrogen-bond donors (Lipinski definition) is 0. The predicted molar refractivity (Wildman–Crippen MR) is 95.2 cm³/mol. The number of hydrogen-bond acceptors (Lipinski definition) is 3. The van der Waals surface area contributed by atoms with E-state index >= 15 is 0 Å². The highest BCUT2D eigenvalue weighted by atomic mass is 16.6. The zero-order valence-electron chi connectivity index (χ0n) is 14.6. The Hall–Kier alpha value is -1.69. The van der Waals surface area contributed by atoms with Crippen molar-refractivity contribution in [2.24, 2.45) is 11.8 Å². The van der Waals surface area contributed by atoms with Gasteiger partial charge < -0.3 is 19.5 Å². The van der Waals surface area contributed by atoms with E-state index in [0.717, 1.165) is 18.5 Å². The number of quaternary nitrogens is 1. The van der Waals surface area contributed by atoms with Gasteiger partial charge in [0.05, 0.1) is 37.1 Å². The first-order valence-electron chi connectivity index (χ1n) is 9.93. The molecule has 5 heteroatoms. The quantitative estimate of drug-likeness (QED) is 0.409. The van der Waals surface area contributed by atoms with Crippen molar-refractivity contribution in [1.29, 1.82) is 0 Å². The largest absolute Gasteiger partial charge is 0.632 e. The van der Waals surface area contributed by atoms with E-state index in [4.69, 9.17) is 4.74 Å². The molecule has 7 rings (SSSR count). The predicted octanol–water partition coefficient (Wildman–Crippen LogP) is 2.11. The highest BCUT2D eigenvalue weighted by molar-refractivity contribution is 5.99. The van der Waals surface area contributed by atoms with Gasteiger partial charge in [-0.3, -0.25) is 4.79 Å². The molecule has 1 aliphatic carbocycles. The number of benzene rings is 1. The van der Waals surface area contributed by atoms with Gasteiger partial charge in [-0.1, -0.05) is 24.3 Å². The number of anilines is 1. The van der Waals surface area contributed by atoms with E-state index in [0.29, 0.717) is 38.0 Å². The lowest BCUT2D eigenvalue weighted by molar-refractivity contribution is -0.896. The maximum absolute atomic E-state index is 13.9. The molecule has 5 nitrogen and oxygen atoms in total. The second-order valence-electron chi connectivity index (χ2n) is 9.14. The standard InChI is InChI=1S/C21H22N2O3/c24-18-10-16-19-13-9-17-21(6-7-23(17,25)11-12(13)5-8-26-16)14-3-1-2-4-15(14)22(18)20(19)21/h1-5,13,16-17,19-20H,6-11H2/t13-,16-,17-,19-,20+,21+,23?/m0/s1. The van der Waals surface area contributed by atoms with E-state index in [-0.39, 0.29) is 34.2 Å². The molecule has 1 unspecified atom stereocenters. The molecule has 6 aliphatic rings. The van der Waals surface area contributed by atoms with Crippen LogP contribution in [0, 0.1) is 17.0 Å². The second kappa shape index (κ2) is 4.24. The van der Waals surface area contributed by atoms with Gasteiger partial charge in [-0.2, -0.15) is 0 Å². The molecule has 1 spiro atoms. The fourth-order valence-electron chi connectivity index (χ4n) is 7.77. The molecule has 2 bridgehead atoms. The van der Waals surface area contributed by atoms with Crippen molar-refractivity contribution < 1.29 is 14.2 Å². The first-order valence-corrected chi connectivity index (χ1v) is 9.93. The molecule has 4 fully saturated rings. The number of carbonyl (C=O) groups is 1. The van der Waals surface area contributed by atoms with E-state index in [1.807, 2.05) is 6.07 Å². The van der Waals surface area contributed by atoms with E-state index in [2.05, 4.69) is 29.2 Å². The van der Waals surface area contributed by atoms with E-state index in [1.165, 1.54) is 11.1 Å². The third-order valence-electron chi connectivity index (χ3n) is 8.50. The monoisotopic (exact) mass is 350 g/mol.